The van der Waals surface area contributed by atoms with E-state index in [-0.39, 0.29) is 23.4 Å². The van der Waals surface area contributed by atoms with Crippen molar-refractivity contribution in [1.82, 2.24) is 10.3 Å². The maximum absolute atomic E-state index is 11.8. The van der Waals surface area contributed by atoms with Crippen LogP contribution in [0.4, 0.5) is 5.69 Å². The Balaban J connectivity index is 2.97. The van der Waals surface area contributed by atoms with E-state index in [9.17, 15) is 14.9 Å². The van der Waals surface area contributed by atoms with Crippen molar-refractivity contribution in [3.8, 4) is 0 Å². The zero-order valence-electron chi connectivity index (χ0n) is 9.59. The number of aliphatic hydroxyl groups is 1. The molecule has 1 heterocycles. The Hall–Kier alpha value is -1.73. The summed E-state index contributed by atoms with van der Waals surface area (Å²) >= 11 is 5.61. The highest BCUT2D eigenvalue weighted by Gasteiger charge is 2.22. The number of hydrogen-bond donors (Lipinski definition) is 2. The van der Waals surface area contributed by atoms with Gasteiger partial charge in [0, 0.05) is 12.6 Å². The molecule has 1 aromatic rings. The molecule has 0 spiro atoms. The number of rotatable bonds is 5. The normalized spacial score (nSPS) is 11.9. The molecule has 98 valence electrons. The second-order valence-electron chi connectivity index (χ2n) is 3.67. The second-order valence-corrected chi connectivity index (χ2v) is 4.06. The molecule has 2 N–H and O–H groups in total. The maximum Gasteiger partial charge on any atom is 0.300 e. The highest BCUT2D eigenvalue weighted by Crippen LogP contribution is 2.20. The largest absolute Gasteiger partial charge is 0.396 e. The van der Waals surface area contributed by atoms with E-state index in [1.54, 1.807) is 6.92 Å². The topological polar surface area (TPSA) is 105 Å². The first-order valence-corrected chi connectivity index (χ1v) is 5.55. The minimum Gasteiger partial charge on any atom is -0.396 e. The molecule has 0 aliphatic carbocycles. The lowest BCUT2D eigenvalue weighted by Crippen LogP contribution is -2.33. The summed E-state index contributed by atoms with van der Waals surface area (Å²) in [7, 11) is 0. The van der Waals surface area contributed by atoms with Crippen molar-refractivity contribution in [2.75, 3.05) is 6.61 Å². The van der Waals surface area contributed by atoms with Crippen LogP contribution in [-0.4, -0.2) is 33.6 Å². The van der Waals surface area contributed by atoms with Crippen molar-refractivity contribution < 1.29 is 14.8 Å². The lowest BCUT2D eigenvalue weighted by Gasteiger charge is -2.12. The van der Waals surface area contributed by atoms with E-state index < -0.39 is 16.5 Å². The third-order valence-corrected chi connectivity index (χ3v) is 2.44. The maximum atomic E-state index is 11.8. The molecule has 0 saturated carbocycles. The lowest BCUT2D eigenvalue weighted by atomic mass is 10.2. The van der Waals surface area contributed by atoms with Crippen molar-refractivity contribution in [2.24, 2.45) is 0 Å². The van der Waals surface area contributed by atoms with Gasteiger partial charge in [-0.05, 0) is 19.4 Å². The van der Waals surface area contributed by atoms with E-state index in [0.29, 0.717) is 6.42 Å². The van der Waals surface area contributed by atoms with Gasteiger partial charge in [0.15, 0.2) is 0 Å². The molecule has 0 radical (unpaired) electrons. The van der Waals surface area contributed by atoms with Crippen LogP contribution in [0.25, 0.3) is 0 Å². The molecule has 0 aromatic carbocycles. The fraction of sp³-hybridized carbons (Fsp3) is 0.400. The molecule has 1 aromatic heterocycles. The smallest absolute Gasteiger partial charge is 0.300 e. The molecule has 1 rings (SSSR count). The first-order valence-electron chi connectivity index (χ1n) is 5.17. The summed E-state index contributed by atoms with van der Waals surface area (Å²) in [5, 5.41) is 22.0. The number of nitrogens with zero attached hydrogens (tertiary/aromatic N) is 2. The van der Waals surface area contributed by atoms with Crippen LogP contribution in [-0.2, 0) is 0 Å². The van der Waals surface area contributed by atoms with E-state index in [1.165, 1.54) is 0 Å². The molecular weight excluding hydrogens is 262 g/mol. The molecule has 18 heavy (non-hydrogen) atoms. The Morgan fingerprint density at radius 2 is 2.39 bits per heavy atom. The molecular formula is C10H12ClN3O4. The van der Waals surface area contributed by atoms with Crippen molar-refractivity contribution >= 4 is 23.2 Å². The number of nitro groups is 1. The summed E-state index contributed by atoms with van der Waals surface area (Å²) in [4.78, 5) is 25.4. The minimum atomic E-state index is -0.699. The molecule has 0 fully saturated rings. The average molecular weight is 274 g/mol. The Morgan fingerprint density at radius 3 is 2.94 bits per heavy atom. The molecule has 0 aliphatic heterocycles. The van der Waals surface area contributed by atoms with E-state index in [1.807, 2.05) is 0 Å². The number of nitrogens with one attached hydrogen (secondary N) is 1. The number of aromatic nitrogens is 1. The number of carbonyl (C=O) groups is 1. The van der Waals surface area contributed by atoms with Gasteiger partial charge in [0.2, 0.25) is 0 Å². The van der Waals surface area contributed by atoms with Crippen LogP contribution in [0.3, 0.4) is 0 Å². The Bertz CT molecular complexity index is 466. The van der Waals surface area contributed by atoms with Crippen molar-refractivity contribution in [2.45, 2.75) is 19.4 Å². The van der Waals surface area contributed by atoms with E-state index in [2.05, 4.69) is 10.3 Å². The van der Waals surface area contributed by atoms with Crippen LogP contribution in [0, 0.1) is 10.1 Å². The van der Waals surface area contributed by atoms with Crippen LogP contribution >= 0.6 is 11.6 Å². The zero-order chi connectivity index (χ0) is 13.7. The van der Waals surface area contributed by atoms with Gasteiger partial charge in [0.05, 0.1) is 4.92 Å². The summed E-state index contributed by atoms with van der Waals surface area (Å²) in [5.41, 5.74) is -0.558. The number of pyridine rings is 1. The summed E-state index contributed by atoms with van der Waals surface area (Å²) < 4.78 is 0. The third-order valence-electron chi connectivity index (χ3n) is 2.23. The Labute approximate surface area is 108 Å². The molecule has 7 nitrogen and oxygen atoms in total. The molecule has 0 saturated heterocycles. The summed E-state index contributed by atoms with van der Waals surface area (Å²) in [6.45, 7) is 1.60. The number of carbonyl (C=O) groups excluding carboxylic acids is 1. The van der Waals surface area contributed by atoms with Crippen molar-refractivity contribution in [3.05, 3.63) is 33.1 Å². The van der Waals surface area contributed by atoms with Gasteiger partial charge in [0.25, 0.3) is 11.6 Å². The first-order chi connectivity index (χ1) is 8.45. The predicted molar refractivity (Wildman–Crippen MR) is 64.5 cm³/mol. The van der Waals surface area contributed by atoms with Gasteiger partial charge in [-0.1, -0.05) is 11.6 Å². The van der Waals surface area contributed by atoms with Crippen molar-refractivity contribution in [1.29, 1.82) is 0 Å². The molecule has 0 bridgehead atoms. The van der Waals surface area contributed by atoms with Gasteiger partial charge >= 0.3 is 0 Å². The Morgan fingerprint density at radius 1 is 1.72 bits per heavy atom. The molecule has 1 unspecified atom stereocenters. The van der Waals surface area contributed by atoms with Crippen LogP contribution in [0.1, 0.15) is 23.7 Å². The van der Waals surface area contributed by atoms with Gasteiger partial charge in [-0.2, -0.15) is 0 Å². The summed E-state index contributed by atoms with van der Waals surface area (Å²) in [6, 6.07) is 0.842. The van der Waals surface area contributed by atoms with E-state index in [0.717, 1.165) is 12.3 Å². The monoisotopic (exact) mass is 273 g/mol. The minimum absolute atomic E-state index is 0.000520. The van der Waals surface area contributed by atoms with Gasteiger partial charge in [0.1, 0.15) is 16.9 Å². The van der Waals surface area contributed by atoms with Crippen LogP contribution < -0.4 is 5.32 Å². The number of amides is 1. The number of aliphatic hydroxyl groups excluding tert-OH is 1. The quantitative estimate of drug-likeness (QED) is 0.475. The Kier molecular flexibility index (Phi) is 4.99. The van der Waals surface area contributed by atoms with Crippen LogP contribution in [0.2, 0.25) is 5.15 Å². The van der Waals surface area contributed by atoms with Crippen LogP contribution in [0.15, 0.2) is 12.3 Å². The highest BCUT2D eigenvalue weighted by atomic mass is 35.5. The van der Waals surface area contributed by atoms with Crippen molar-refractivity contribution in [3.63, 3.8) is 0 Å². The third kappa shape index (κ3) is 3.64. The van der Waals surface area contributed by atoms with Gasteiger partial charge < -0.3 is 10.4 Å². The molecule has 1 atom stereocenters. The summed E-state index contributed by atoms with van der Waals surface area (Å²) in [5.74, 6) is -0.619. The molecule has 0 aliphatic rings. The molecule has 8 heteroatoms. The van der Waals surface area contributed by atoms with E-state index in [4.69, 9.17) is 16.7 Å². The van der Waals surface area contributed by atoms with Gasteiger partial charge in [-0.15, -0.1) is 0 Å². The number of halogens is 1. The van der Waals surface area contributed by atoms with E-state index >= 15 is 0 Å². The first kappa shape index (κ1) is 14.3. The van der Waals surface area contributed by atoms with Gasteiger partial charge in [-0.3, -0.25) is 14.9 Å². The fourth-order valence-electron chi connectivity index (χ4n) is 1.32. The highest BCUT2D eigenvalue weighted by molar-refractivity contribution is 6.29. The standard InChI is InChI=1S/C10H12ClN3O4/c1-6(2-3-15)13-10(16)7-4-9(11)12-5-8(7)14(17)18/h4-6,15H,2-3H2,1H3,(H,13,16). The zero-order valence-corrected chi connectivity index (χ0v) is 10.3. The van der Waals surface area contributed by atoms with Gasteiger partial charge in [-0.25, -0.2) is 4.98 Å². The predicted octanol–water partition coefficient (Wildman–Crippen LogP) is 1.14. The second kappa shape index (κ2) is 6.27. The lowest BCUT2D eigenvalue weighted by molar-refractivity contribution is -0.385. The molecule has 1 amide bonds. The average Bonchev–Trinajstić information content (AvgIpc) is 2.28. The van der Waals surface area contributed by atoms with Crippen LogP contribution in [0.5, 0.6) is 0 Å². The fourth-order valence-corrected chi connectivity index (χ4v) is 1.48. The SMILES string of the molecule is CC(CCO)NC(=O)c1cc(Cl)ncc1[N+](=O)[O-]. The summed E-state index contributed by atoms with van der Waals surface area (Å²) in [6.07, 6.45) is 1.30. The number of hydrogen-bond acceptors (Lipinski definition) is 5.